The van der Waals surface area contributed by atoms with Gasteiger partial charge in [-0.25, -0.2) is 0 Å². The monoisotopic (exact) mass is 403 g/mol. The van der Waals surface area contributed by atoms with Gasteiger partial charge in [0.15, 0.2) is 0 Å². The third kappa shape index (κ3) is 3.41. The first-order chi connectivity index (χ1) is 13.9. The van der Waals surface area contributed by atoms with Gasteiger partial charge in [0.1, 0.15) is 11.5 Å². The Morgan fingerprint density at radius 2 is 1.86 bits per heavy atom. The van der Waals surface area contributed by atoms with E-state index < -0.39 is 11.7 Å². The Kier molecular flexibility index (Phi) is 4.39. The van der Waals surface area contributed by atoms with Crippen LogP contribution in [0.15, 0.2) is 34.9 Å². The van der Waals surface area contributed by atoms with Crippen LogP contribution in [0.1, 0.15) is 61.3 Å². The lowest BCUT2D eigenvalue weighted by Crippen LogP contribution is -2.47. The smallest absolute Gasteiger partial charge is 0.396 e. The maximum Gasteiger partial charge on any atom is 0.417 e. The second-order valence-corrected chi connectivity index (χ2v) is 9.11. The highest BCUT2D eigenvalue weighted by atomic mass is 19.4. The molecule has 5 rings (SSSR count). The van der Waals surface area contributed by atoms with E-state index in [9.17, 15) is 18.3 Å². The summed E-state index contributed by atoms with van der Waals surface area (Å²) in [5, 5.41) is 13.3. The Hall–Kier alpha value is -2.08. The van der Waals surface area contributed by atoms with Crippen LogP contribution in [0.25, 0.3) is 17.3 Å². The quantitative estimate of drug-likeness (QED) is 0.661. The molecule has 2 aromatic rings. The van der Waals surface area contributed by atoms with Crippen molar-refractivity contribution in [1.29, 1.82) is 0 Å². The molecular formula is C23H24F3NO2. The molecule has 3 saturated carbocycles. The maximum atomic E-state index is 13.5. The zero-order chi connectivity index (χ0) is 20.2. The first-order valence-corrected chi connectivity index (χ1v) is 10.3. The van der Waals surface area contributed by atoms with Crippen LogP contribution in [-0.4, -0.2) is 16.9 Å². The summed E-state index contributed by atoms with van der Waals surface area (Å²) in [5.74, 6) is 1.86. The Morgan fingerprint density at radius 3 is 2.52 bits per heavy atom. The molecule has 0 amide bonds. The zero-order valence-corrected chi connectivity index (χ0v) is 16.1. The van der Waals surface area contributed by atoms with E-state index in [1.165, 1.54) is 12.1 Å². The normalized spacial score (nSPS) is 29.2. The minimum absolute atomic E-state index is 0.0742. The van der Waals surface area contributed by atoms with Gasteiger partial charge in [-0.2, -0.15) is 13.2 Å². The number of halogens is 3. The molecule has 0 aliphatic heterocycles. The van der Waals surface area contributed by atoms with E-state index >= 15 is 0 Å². The molecule has 154 valence electrons. The van der Waals surface area contributed by atoms with Crippen molar-refractivity contribution in [1.82, 2.24) is 5.16 Å². The highest BCUT2D eigenvalue weighted by Crippen LogP contribution is 2.61. The summed E-state index contributed by atoms with van der Waals surface area (Å²) in [7, 11) is 0. The van der Waals surface area contributed by atoms with E-state index in [1.54, 1.807) is 6.07 Å². The summed E-state index contributed by atoms with van der Waals surface area (Å²) in [6.45, 7) is 0.273. The largest absolute Gasteiger partial charge is 0.417 e. The summed E-state index contributed by atoms with van der Waals surface area (Å²) < 4.78 is 46.1. The predicted octanol–water partition coefficient (Wildman–Crippen LogP) is 6.05. The Balaban J connectivity index is 1.42. The first-order valence-electron chi connectivity index (χ1n) is 10.3. The molecule has 3 nitrogen and oxygen atoms in total. The zero-order valence-electron chi connectivity index (χ0n) is 16.1. The van der Waals surface area contributed by atoms with E-state index in [2.05, 4.69) is 11.2 Å². The van der Waals surface area contributed by atoms with Crippen molar-refractivity contribution in [3.05, 3.63) is 47.2 Å². The van der Waals surface area contributed by atoms with Crippen LogP contribution in [0.4, 0.5) is 13.2 Å². The van der Waals surface area contributed by atoms with Gasteiger partial charge in [0.05, 0.1) is 5.56 Å². The van der Waals surface area contributed by atoms with Crippen molar-refractivity contribution in [2.75, 3.05) is 6.61 Å². The number of hydrogen-bond acceptors (Lipinski definition) is 3. The van der Waals surface area contributed by atoms with Crippen LogP contribution in [-0.2, 0) is 6.18 Å². The molecule has 1 aromatic carbocycles. The highest BCUT2D eigenvalue weighted by molar-refractivity contribution is 5.76. The van der Waals surface area contributed by atoms with E-state index in [0.29, 0.717) is 28.6 Å². The molecule has 3 aliphatic carbocycles. The Labute approximate surface area is 167 Å². The molecule has 1 spiro atoms. The van der Waals surface area contributed by atoms with Crippen molar-refractivity contribution in [3.8, 4) is 11.3 Å². The summed E-state index contributed by atoms with van der Waals surface area (Å²) in [6, 6.07) is 5.57. The van der Waals surface area contributed by atoms with Crippen LogP contribution in [0.2, 0.25) is 0 Å². The molecule has 0 radical (unpaired) electrons. The predicted molar refractivity (Wildman–Crippen MR) is 103 cm³/mol. The SMILES string of the molecule is OCC1CC2(CC(C=Cc3c(-c4ccccc4C(F)(F)F)noc3C3CC3)C2)C1. The van der Waals surface area contributed by atoms with Crippen molar-refractivity contribution < 1.29 is 22.8 Å². The average Bonchev–Trinajstić information content (AvgIpc) is 3.38. The number of alkyl halides is 3. The third-order valence-corrected chi connectivity index (χ3v) is 6.82. The fraction of sp³-hybridized carbons (Fsp3) is 0.522. The van der Waals surface area contributed by atoms with Crippen LogP contribution in [0.5, 0.6) is 0 Å². The number of nitrogens with zero attached hydrogens (tertiary/aromatic N) is 1. The van der Waals surface area contributed by atoms with Gasteiger partial charge in [-0.3, -0.25) is 0 Å². The molecule has 0 bridgehead atoms. The van der Waals surface area contributed by atoms with Crippen LogP contribution < -0.4 is 0 Å². The van der Waals surface area contributed by atoms with Gasteiger partial charge in [0.25, 0.3) is 0 Å². The average molecular weight is 403 g/mol. The van der Waals surface area contributed by atoms with E-state index in [4.69, 9.17) is 4.52 Å². The third-order valence-electron chi connectivity index (χ3n) is 6.82. The van der Waals surface area contributed by atoms with Crippen molar-refractivity contribution in [3.63, 3.8) is 0 Å². The molecule has 0 atom stereocenters. The number of aliphatic hydroxyl groups excluding tert-OH is 1. The summed E-state index contributed by atoms with van der Waals surface area (Å²) in [4.78, 5) is 0. The van der Waals surface area contributed by atoms with Crippen molar-refractivity contribution in [2.24, 2.45) is 17.3 Å². The Bertz CT molecular complexity index is 928. The van der Waals surface area contributed by atoms with Crippen LogP contribution in [0.3, 0.4) is 0 Å². The molecule has 0 unspecified atom stereocenters. The lowest BCUT2D eigenvalue weighted by Gasteiger charge is -2.57. The van der Waals surface area contributed by atoms with E-state index in [1.807, 2.05) is 6.08 Å². The van der Waals surface area contributed by atoms with Gasteiger partial charge in [-0.15, -0.1) is 0 Å². The van der Waals surface area contributed by atoms with E-state index in [-0.39, 0.29) is 23.8 Å². The van der Waals surface area contributed by atoms with Gasteiger partial charge in [0, 0.05) is 23.7 Å². The molecule has 6 heteroatoms. The van der Waals surface area contributed by atoms with Crippen molar-refractivity contribution in [2.45, 2.75) is 50.6 Å². The van der Waals surface area contributed by atoms with Crippen LogP contribution >= 0.6 is 0 Å². The van der Waals surface area contributed by atoms with Gasteiger partial charge in [0.2, 0.25) is 0 Å². The fourth-order valence-electron chi connectivity index (χ4n) is 5.29. The number of aliphatic hydroxyl groups is 1. The second kappa shape index (κ2) is 6.73. The summed E-state index contributed by atoms with van der Waals surface area (Å²) in [6.07, 6.45) is 5.98. The van der Waals surface area contributed by atoms with Gasteiger partial charge >= 0.3 is 6.18 Å². The molecule has 0 saturated heterocycles. The maximum absolute atomic E-state index is 13.5. The van der Waals surface area contributed by atoms with Gasteiger partial charge in [-0.05, 0) is 61.8 Å². The van der Waals surface area contributed by atoms with Crippen LogP contribution in [0, 0.1) is 17.3 Å². The molecule has 1 aromatic heterocycles. The summed E-state index contributed by atoms with van der Waals surface area (Å²) >= 11 is 0. The minimum atomic E-state index is -4.44. The van der Waals surface area contributed by atoms with Gasteiger partial charge < -0.3 is 9.63 Å². The fourth-order valence-corrected chi connectivity index (χ4v) is 5.29. The standard InChI is InChI=1S/C23H24F3NO2/c24-23(25,26)19-4-2-1-3-17(19)20-18(21(29-27-20)16-6-7-16)8-5-14-9-22(10-14)11-15(12-22)13-28/h1-5,8,14-16,28H,6-7,9-13H2. The molecular weight excluding hydrogens is 379 g/mol. The number of benzene rings is 1. The lowest BCUT2D eigenvalue weighted by atomic mass is 9.48. The minimum Gasteiger partial charge on any atom is -0.396 e. The molecule has 1 heterocycles. The Morgan fingerprint density at radius 1 is 1.14 bits per heavy atom. The highest BCUT2D eigenvalue weighted by Gasteiger charge is 2.51. The van der Waals surface area contributed by atoms with Crippen molar-refractivity contribution >= 4 is 6.08 Å². The molecule has 3 fully saturated rings. The van der Waals surface area contributed by atoms with Gasteiger partial charge in [-0.1, -0.05) is 35.5 Å². The lowest BCUT2D eigenvalue weighted by molar-refractivity contribution is -0.137. The molecule has 3 aliphatic rings. The molecule has 1 N–H and O–H groups in total. The number of aromatic nitrogens is 1. The number of hydrogen-bond donors (Lipinski definition) is 1. The first kappa shape index (κ1) is 18.9. The van der Waals surface area contributed by atoms with E-state index in [0.717, 1.165) is 44.6 Å². The number of allylic oxidation sites excluding steroid dienone is 1. The molecule has 29 heavy (non-hydrogen) atoms. The topological polar surface area (TPSA) is 46.3 Å². The second-order valence-electron chi connectivity index (χ2n) is 9.11. The summed E-state index contributed by atoms with van der Waals surface area (Å²) in [5.41, 5.74) is 0.769. The number of rotatable bonds is 5.